The molecule has 0 spiro atoms. The van der Waals surface area contributed by atoms with Crippen molar-refractivity contribution in [1.29, 1.82) is 0 Å². The van der Waals surface area contributed by atoms with Crippen molar-refractivity contribution in [2.75, 3.05) is 57.7 Å². The number of pyridine rings is 1. The number of ether oxygens (including phenoxy) is 3. The number of aliphatic hydroxyl groups is 1. The summed E-state index contributed by atoms with van der Waals surface area (Å²) in [5, 5.41) is 13.7. The molecule has 0 radical (unpaired) electrons. The van der Waals surface area contributed by atoms with E-state index in [-0.39, 0.29) is 6.03 Å². The van der Waals surface area contributed by atoms with Crippen LogP contribution in [0.2, 0.25) is 0 Å². The number of carbonyl (C=O) groups is 1. The Kier molecular flexibility index (Phi) is 7.53. The first-order valence-electron chi connectivity index (χ1n) is 11.0. The number of hydrogen-bond donors (Lipinski definition) is 2. The molecule has 1 unspecified atom stereocenters. The number of nitrogens with one attached hydrogen (secondary N) is 1. The van der Waals surface area contributed by atoms with E-state index in [2.05, 4.69) is 15.2 Å². The molecule has 180 valence electrons. The van der Waals surface area contributed by atoms with Crippen molar-refractivity contribution in [3.8, 4) is 17.4 Å². The third kappa shape index (κ3) is 5.24. The fraction of sp³-hybridized carbons (Fsp3) is 0.500. The van der Waals surface area contributed by atoms with Gasteiger partial charge in [0.25, 0.3) is 0 Å². The Hall–Kier alpha value is -3.20. The van der Waals surface area contributed by atoms with Crippen molar-refractivity contribution < 1.29 is 24.1 Å². The monoisotopic (exact) mass is 458 g/mol. The summed E-state index contributed by atoms with van der Waals surface area (Å²) in [7, 11) is 4.76. The van der Waals surface area contributed by atoms with Crippen molar-refractivity contribution in [2.45, 2.75) is 32.8 Å². The topological polar surface area (TPSA) is 96.4 Å². The number of benzene rings is 1. The largest absolute Gasteiger partial charge is 0.497 e. The number of nitrogens with zero attached hydrogens (tertiary/aromatic N) is 3. The van der Waals surface area contributed by atoms with Gasteiger partial charge < -0.3 is 34.4 Å². The predicted octanol–water partition coefficient (Wildman–Crippen LogP) is 3.39. The van der Waals surface area contributed by atoms with Gasteiger partial charge in [-0.2, -0.15) is 0 Å². The summed E-state index contributed by atoms with van der Waals surface area (Å²) in [4.78, 5) is 21.3. The molecule has 9 nitrogen and oxygen atoms in total. The Balaban J connectivity index is 1.73. The van der Waals surface area contributed by atoms with Crippen LogP contribution < -0.4 is 24.4 Å². The van der Waals surface area contributed by atoms with Crippen LogP contribution in [0, 0.1) is 6.92 Å². The van der Waals surface area contributed by atoms with Crippen molar-refractivity contribution in [2.24, 2.45) is 0 Å². The molecule has 1 aliphatic rings. The zero-order valence-corrected chi connectivity index (χ0v) is 20.3. The van der Waals surface area contributed by atoms with Crippen molar-refractivity contribution >= 4 is 17.4 Å². The fourth-order valence-corrected chi connectivity index (χ4v) is 3.94. The van der Waals surface area contributed by atoms with Crippen LogP contribution in [0.5, 0.6) is 17.4 Å². The number of urea groups is 1. The predicted molar refractivity (Wildman–Crippen MR) is 128 cm³/mol. The molecule has 33 heavy (non-hydrogen) atoms. The standard InChI is InChI=1S/C24H34N4O5/c1-7-24(3,30)20-15-25-22(33-6)21(16(20)2)26-23(29)28-10-8-27(9-11-28)17-12-18(31-4)14-19(13-17)32-5/h12-15,30H,7-11H2,1-6H3,(H,26,29). The Morgan fingerprint density at radius 1 is 1.09 bits per heavy atom. The number of methoxy groups -OCH3 is 3. The van der Waals surface area contributed by atoms with E-state index in [0.29, 0.717) is 49.7 Å². The zero-order chi connectivity index (χ0) is 24.2. The van der Waals surface area contributed by atoms with Gasteiger partial charge in [0.15, 0.2) is 0 Å². The van der Waals surface area contributed by atoms with Crippen molar-refractivity contribution in [1.82, 2.24) is 9.88 Å². The van der Waals surface area contributed by atoms with E-state index in [0.717, 1.165) is 22.7 Å². The fourth-order valence-electron chi connectivity index (χ4n) is 3.94. The highest BCUT2D eigenvalue weighted by Crippen LogP contribution is 2.35. The van der Waals surface area contributed by atoms with Crippen molar-refractivity contribution in [3.63, 3.8) is 0 Å². The van der Waals surface area contributed by atoms with Gasteiger partial charge in [0.1, 0.15) is 17.2 Å². The van der Waals surface area contributed by atoms with Gasteiger partial charge >= 0.3 is 6.03 Å². The highest BCUT2D eigenvalue weighted by Gasteiger charge is 2.28. The Morgan fingerprint density at radius 3 is 2.21 bits per heavy atom. The van der Waals surface area contributed by atoms with Crippen LogP contribution in [0.4, 0.5) is 16.2 Å². The molecule has 0 bridgehead atoms. The molecule has 2 aromatic rings. The minimum Gasteiger partial charge on any atom is -0.497 e. The number of hydrogen-bond acceptors (Lipinski definition) is 7. The first kappa shape index (κ1) is 24.4. The van der Waals surface area contributed by atoms with Gasteiger partial charge in [-0.3, -0.25) is 0 Å². The third-order valence-electron chi connectivity index (χ3n) is 6.27. The van der Waals surface area contributed by atoms with Crippen LogP contribution in [0.25, 0.3) is 0 Å². The van der Waals surface area contributed by atoms with Crippen LogP contribution in [0.1, 0.15) is 31.4 Å². The van der Waals surface area contributed by atoms with E-state index in [1.165, 1.54) is 7.11 Å². The van der Waals surface area contributed by atoms with Gasteiger partial charge in [-0.05, 0) is 25.8 Å². The highest BCUT2D eigenvalue weighted by molar-refractivity contribution is 5.92. The Labute approximate surface area is 195 Å². The molecule has 2 amide bonds. The molecule has 0 saturated carbocycles. The lowest BCUT2D eigenvalue weighted by molar-refractivity contribution is 0.0520. The van der Waals surface area contributed by atoms with Crippen LogP contribution in [0.3, 0.4) is 0 Å². The minimum absolute atomic E-state index is 0.227. The van der Waals surface area contributed by atoms with Gasteiger partial charge in [-0.1, -0.05) is 6.92 Å². The van der Waals surface area contributed by atoms with Gasteiger partial charge in [0.05, 0.1) is 26.9 Å². The first-order chi connectivity index (χ1) is 15.7. The molecule has 3 rings (SSSR count). The number of carbonyl (C=O) groups excluding carboxylic acids is 1. The molecule has 1 atom stereocenters. The molecule has 1 saturated heterocycles. The molecule has 2 N–H and O–H groups in total. The number of amides is 2. The summed E-state index contributed by atoms with van der Waals surface area (Å²) >= 11 is 0. The van der Waals surface area contributed by atoms with E-state index in [4.69, 9.17) is 14.2 Å². The summed E-state index contributed by atoms with van der Waals surface area (Å²) in [5.74, 6) is 1.77. The second kappa shape index (κ2) is 10.2. The highest BCUT2D eigenvalue weighted by atomic mass is 16.5. The molecule has 2 heterocycles. The van der Waals surface area contributed by atoms with E-state index >= 15 is 0 Å². The maximum absolute atomic E-state index is 13.1. The second-order valence-electron chi connectivity index (χ2n) is 8.28. The summed E-state index contributed by atoms with van der Waals surface area (Å²) < 4.78 is 16.1. The van der Waals surface area contributed by atoms with E-state index < -0.39 is 5.60 Å². The molecule has 1 aliphatic heterocycles. The normalized spacial score (nSPS) is 15.6. The van der Waals surface area contributed by atoms with Crippen molar-refractivity contribution in [3.05, 3.63) is 35.5 Å². The lowest BCUT2D eigenvalue weighted by Gasteiger charge is -2.36. The lowest BCUT2D eigenvalue weighted by Crippen LogP contribution is -2.50. The summed E-state index contributed by atoms with van der Waals surface area (Å²) in [6.07, 6.45) is 2.13. The summed E-state index contributed by atoms with van der Waals surface area (Å²) in [6.45, 7) is 7.93. The SMILES string of the molecule is CCC(C)(O)c1cnc(OC)c(NC(=O)N2CCN(c3cc(OC)cc(OC)c3)CC2)c1C. The number of piperazine rings is 1. The quantitative estimate of drug-likeness (QED) is 0.657. The molecular formula is C24H34N4O5. The Bertz CT molecular complexity index is 965. The zero-order valence-electron chi connectivity index (χ0n) is 20.3. The minimum atomic E-state index is -1.05. The first-order valence-corrected chi connectivity index (χ1v) is 11.0. The van der Waals surface area contributed by atoms with Gasteiger partial charge in [-0.15, -0.1) is 0 Å². The second-order valence-corrected chi connectivity index (χ2v) is 8.28. The van der Waals surface area contributed by atoms with Crippen LogP contribution in [-0.2, 0) is 5.60 Å². The van der Waals surface area contributed by atoms with E-state index in [9.17, 15) is 9.90 Å². The average Bonchev–Trinajstić information content (AvgIpc) is 2.84. The maximum atomic E-state index is 13.1. The molecule has 1 aromatic heterocycles. The van der Waals surface area contributed by atoms with E-state index in [1.54, 1.807) is 32.2 Å². The number of rotatable bonds is 7. The third-order valence-corrected chi connectivity index (χ3v) is 6.27. The summed E-state index contributed by atoms with van der Waals surface area (Å²) in [5.41, 5.74) is 1.82. The smallest absolute Gasteiger partial charge is 0.322 e. The molecular weight excluding hydrogens is 424 g/mol. The van der Waals surface area contributed by atoms with Gasteiger partial charge in [0, 0.05) is 61.8 Å². The van der Waals surface area contributed by atoms with Gasteiger partial charge in [-0.25, -0.2) is 9.78 Å². The van der Waals surface area contributed by atoms with E-state index in [1.807, 2.05) is 32.0 Å². The lowest BCUT2D eigenvalue weighted by atomic mass is 9.90. The number of anilines is 2. The average molecular weight is 459 g/mol. The van der Waals surface area contributed by atoms with Crippen LogP contribution in [0.15, 0.2) is 24.4 Å². The molecule has 1 fully saturated rings. The van der Waals surface area contributed by atoms with Crippen LogP contribution >= 0.6 is 0 Å². The molecule has 0 aliphatic carbocycles. The van der Waals surface area contributed by atoms with Crippen LogP contribution in [-0.4, -0.2) is 68.5 Å². The molecule has 1 aromatic carbocycles. The summed E-state index contributed by atoms with van der Waals surface area (Å²) in [6, 6.07) is 5.53. The number of aromatic nitrogens is 1. The maximum Gasteiger partial charge on any atom is 0.322 e. The Morgan fingerprint density at radius 2 is 1.70 bits per heavy atom. The van der Waals surface area contributed by atoms with Gasteiger partial charge in [0.2, 0.25) is 5.88 Å². The molecule has 9 heteroatoms.